The number of rotatable bonds is 5. The van der Waals surface area contributed by atoms with E-state index in [1.165, 1.54) is 18.3 Å². The maximum atomic E-state index is 12.6. The Bertz CT molecular complexity index is 953. The van der Waals surface area contributed by atoms with Crippen molar-refractivity contribution in [2.24, 2.45) is 5.92 Å². The zero-order chi connectivity index (χ0) is 17.3. The number of hydrogen-bond donors (Lipinski definition) is 1. The first-order valence-corrected chi connectivity index (χ1v) is 9.18. The van der Waals surface area contributed by atoms with E-state index in [9.17, 15) is 8.42 Å². The van der Waals surface area contributed by atoms with E-state index in [1.807, 2.05) is 32.0 Å². The summed E-state index contributed by atoms with van der Waals surface area (Å²) in [6, 6.07) is 7.81. The molecule has 0 amide bonds. The Kier molecular flexibility index (Phi) is 4.53. The number of fused-ring (bicyclic) bond motifs is 1. The average molecular weight is 366 g/mol. The summed E-state index contributed by atoms with van der Waals surface area (Å²) in [7, 11) is -3.77. The molecule has 24 heavy (non-hydrogen) atoms. The van der Waals surface area contributed by atoms with E-state index in [2.05, 4.69) is 19.9 Å². The van der Waals surface area contributed by atoms with Crippen molar-refractivity contribution < 1.29 is 8.42 Å². The maximum absolute atomic E-state index is 12.6. The molecule has 3 aromatic heterocycles. The van der Waals surface area contributed by atoms with Gasteiger partial charge in [0, 0.05) is 12.4 Å². The zero-order valence-electron chi connectivity index (χ0n) is 13.1. The number of pyridine rings is 2. The fourth-order valence-electron chi connectivity index (χ4n) is 2.32. The van der Waals surface area contributed by atoms with Gasteiger partial charge in [0.1, 0.15) is 10.0 Å². The Hall–Kier alpha value is -2.03. The van der Waals surface area contributed by atoms with Crippen molar-refractivity contribution in [3.8, 4) is 0 Å². The first kappa shape index (κ1) is 16.8. The second-order valence-electron chi connectivity index (χ2n) is 5.65. The zero-order valence-corrected chi connectivity index (χ0v) is 14.7. The lowest BCUT2D eigenvalue weighted by atomic mass is 10.1. The summed E-state index contributed by atoms with van der Waals surface area (Å²) < 4.78 is 29.7. The third-order valence-corrected chi connectivity index (χ3v) is 5.23. The molecule has 126 valence electrons. The van der Waals surface area contributed by atoms with Crippen molar-refractivity contribution in [2.75, 3.05) is 0 Å². The molecule has 0 fully saturated rings. The minimum atomic E-state index is -3.77. The topological polar surface area (TPSA) is 89.2 Å². The molecule has 0 aliphatic carbocycles. The van der Waals surface area contributed by atoms with E-state index >= 15 is 0 Å². The molecule has 0 unspecified atom stereocenters. The number of nitrogens with zero attached hydrogens (tertiary/aromatic N) is 4. The fraction of sp³-hybridized carbons (Fsp3) is 0.267. The normalized spacial score (nSPS) is 13.5. The average Bonchev–Trinajstić information content (AvgIpc) is 2.96. The molecule has 0 spiro atoms. The van der Waals surface area contributed by atoms with Crippen LogP contribution in [0.1, 0.15) is 25.7 Å². The Labute approximate surface area is 144 Å². The van der Waals surface area contributed by atoms with Gasteiger partial charge in [-0.25, -0.2) is 18.1 Å². The van der Waals surface area contributed by atoms with Crippen LogP contribution < -0.4 is 4.72 Å². The third kappa shape index (κ3) is 3.26. The van der Waals surface area contributed by atoms with Gasteiger partial charge in [0.2, 0.25) is 10.0 Å². The Morgan fingerprint density at radius 2 is 1.96 bits per heavy atom. The third-order valence-electron chi connectivity index (χ3n) is 3.58. The highest BCUT2D eigenvalue weighted by Crippen LogP contribution is 2.23. The van der Waals surface area contributed by atoms with Crippen LogP contribution in [-0.2, 0) is 10.0 Å². The molecule has 0 saturated heterocycles. The summed E-state index contributed by atoms with van der Waals surface area (Å²) >= 11 is 5.72. The Morgan fingerprint density at radius 3 is 2.62 bits per heavy atom. The minimum absolute atomic E-state index is 0.0346. The molecule has 0 aliphatic heterocycles. The highest BCUT2D eigenvalue weighted by molar-refractivity contribution is 7.89. The number of nitrogens with one attached hydrogen (secondary N) is 1. The molecular formula is C15H16ClN5O2S. The number of halogens is 1. The summed E-state index contributed by atoms with van der Waals surface area (Å²) in [5.74, 6) is 0.499. The van der Waals surface area contributed by atoms with E-state index in [0.29, 0.717) is 11.5 Å². The molecule has 9 heteroatoms. The van der Waals surface area contributed by atoms with Crippen LogP contribution in [0.15, 0.2) is 47.6 Å². The lowest BCUT2D eigenvalue weighted by molar-refractivity contribution is 0.441. The molecule has 7 nitrogen and oxygen atoms in total. The van der Waals surface area contributed by atoms with Crippen LogP contribution in [0, 0.1) is 5.92 Å². The Morgan fingerprint density at radius 1 is 1.17 bits per heavy atom. The monoisotopic (exact) mass is 365 g/mol. The first-order chi connectivity index (χ1) is 11.4. The van der Waals surface area contributed by atoms with Gasteiger partial charge < -0.3 is 0 Å². The fourth-order valence-corrected chi connectivity index (χ4v) is 3.71. The smallest absolute Gasteiger partial charge is 0.242 e. The van der Waals surface area contributed by atoms with Gasteiger partial charge in [0.25, 0.3) is 0 Å². The highest BCUT2D eigenvalue weighted by atomic mass is 35.5. The lowest BCUT2D eigenvalue weighted by Crippen LogP contribution is -2.33. The van der Waals surface area contributed by atoms with Crippen LogP contribution in [0.2, 0.25) is 5.15 Å². The largest absolute Gasteiger partial charge is 0.285 e. The van der Waals surface area contributed by atoms with Crippen LogP contribution in [0.3, 0.4) is 0 Å². The van der Waals surface area contributed by atoms with Gasteiger partial charge in [0.15, 0.2) is 11.5 Å². The number of aromatic nitrogens is 4. The lowest BCUT2D eigenvalue weighted by Gasteiger charge is -2.20. The molecule has 3 rings (SSSR count). The molecule has 0 aromatic carbocycles. The minimum Gasteiger partial charge on any atom is -0.285 e. The van der Waals surface area contributed by atoms with Crippen molar-refractivity contribution in [1.29, 1.82) is 0 Å². The summed E-state index contributed by atoms with van der Waals surface area (Å²) in [4.78, 5) is 3.87. The molecule has 1 N–H and O–H groups in total. The molecule has 3 heterocycles. The predicted octanol–water partition coefficient (Wildman–Crippen LogP) is 2.45. The maximum Gasteiger partial charge on any atom is 0.242 e. The van der Waals surface area contributed by atoms with Crippen LogP contribution in [0.25, 0.3) is 5.65 Å². The van der Waals surface area contributed by atoms with Crippen LogP contribution in [0.4, 0.5) is 0 Å². The quantitative estimate of drug-likeness (QED) is 0.701. The van der Waals surface area contributed by atoms with Crippen LogP contribution in [-0.4, -0.2) is 28.0 Å². The van der Waals surface area contributed by atoms with E-state index in [1.54, 1.807) is 10.6 Å². The summed E-state index contributed by atoms with van der Waals surface area (Å²) in [6.45, 7) is 3.83. The summed E-state index contributed by atoms with van der Waals surface area (Å²) in [5, 5.41) is 8.48. The van der Waals surface area contributed by atoms with Gasteiger partial charge in [-0.15, -0.1) is 10.2 Å². The van der Waals surface area contributed by atoms with Gasteiger partial charge in [0.05, 0.1) is 6.04 Å². The van der Waals surface area contributed by atoms with E-state index < -0.39 is 16.1 Å². The molecule has 0 aliphatic rings. The number of sulfonamides is 1. The molecule has 3 aromatic rings. The highest BCUT2D eigenvalue weighted by Gasteiger charge is 2.27. The van der Waals surface area contributed by atoms with Crippen molar-refractivity contribution in [2.45, 2.75) is 24.8 Å². The SMILES string of the molecule is CC(C)[C@H](NS(=O)(=O)c1ccc(Cl)nc1)c1nnc2ccccn12. The van der Waals surface area contributed by atoms with Crippen LogP contribution >= 0.6 is 11.6 Å². The van der Waals surface area contributed by atoms with Gasteiger partial charge in [-0.2, -0.15) is 0 Å². The second-order valence-corrected chi connectivity index (χ2v) is 7.75. The first-order valence-electron chi connectivity index (χ1n) is 7.32. The van der Waals surface area contributed by atoms with Crippen molar-refractivity contribution >= 4 is 27.3 Å². The van der Waals surface area contributed by atoms with E-state index in [0.717, 1.165) is 0 Å². The van der Waals surface area contributed by atoms with Gasteiger partial charge in [-0.3, -0.25) is 4.40 Å². The van der Waals surface area contributed by atoms with Gasteiger partial charge in [-0.1, -0.05) is 31.5 Å². The molecule has 1 atom stereocenters. The Balaban J connectivity index is 1.99. The van der Waals surface area contributed by atoms with Crippen LogP contribution in [0.5, 0.6) is 0 Å². The standard InChI is InChI=1S/C15H16ClN5O2S/c1-10(2)14(15-19-18-13-5-3-4-8-21(13)15)20-24(22,23)11-6-7-12(16)17-9-11/h3-10,14,20H,1-2H3/t14-/m0/s1. The van der Waals surface area contributed by atoms with Crippen molar-refractivity contribution in [1.82, 2.24) is 24.3 Å². The second kappa shape index (κ2) is 6.46. The van der Waals surface area contributed by atoms with Gasteiger partial charge in [-0.05, 0) is 30.2 Å². The molecule has 0 radical (unpaired) electrons. The van der Waals surface area contributed by atoms with Gasteiger partial charge >= 0.3 is 0 Å². The van der Waals surface area contributed by atoms with Crippen molar-refractivity contribution in [3.63, 3.8) is 0 Å². The van der Waals surface area contributed by atoms with E-state index in [4.69, 9.17) is 11.6 Å². The van der Waals surface area contributed by atoms with E-state index in [-0.39, 0.29) is 16.0 Å². The predicted molar refractivity (Wildman–Crippen MR) is 90.1 cm³/mol. The molecule has 0 bridgehead atoms. The van der Waals surface area contributed by atoms with Crippen molar-refractivity contribution in [3.05, 3.63) is 53.7 Å². The summed E-state index contributed by atoms with van der Waals surface area (Å²) in [5.41, 5.74) is 0.658. The molecule has 0 saturated carbocycles. The summed E-state index contributed by atoms with van der Waals surface area (Å²) in [6.07, 6.45) is 3.03. The molecular weight excluding hydrogens is 350 g/mol. The number of hydrogen-bond acceptors (Lipinski definition) is 5.